The number of rotatable bonds is 3. The van der Waals surface area contributed by atoms with Gasteiger partial charge in [0.1, 0.15) is 12.4 Å². The third-order valence-corrected chi connectivity index (χ3v) is 3.72. The van der Waals surface area contributed by atoms with Crippen LogP contribution in [-0.4, -0.2) is 25.7 Å². The zero-order valence-electron chi connectivity index (χ0n) is 12.3. The fraction of sp³-hybridized carbons (Fsp3) is 0.467. The van der Waals surface area contributed by atoms with Crippen LogP contribution in [0.1, 0.15) is 41.7 Å². The molecule has 1 N–H and O–H groups in total. The van der Waals surface area contributed by atoms with Gasteiger partial charge in [-0.05, 0) is 39.2 Å². The van der Waals surface area contributed by atoms with E-state index in [-0.39, 0.29) is 18.5 Å². The zero-order valence-corrected chi connectivity index (χ0v) is 12.3. The second-order valence-corrected chi connectivity index (χ2v) is 5.49. The van der Waals surface area contributed by atoms with Crippen molar-refractivity contribution >= 4 is 5.91 Å². The van der Waals surface area contributed by atoms with Crippen LogP contribution >= 0.6 is 0 Å². The lowest BCUT2D eigenvalue weighted by molar-refractivity contribution is -0.122. The molecule has 0 radical (unpaired) electrons. The molecule has 110 valence electrons. The highest BCUT2D eigenvalue weighted by Crippen LogP contribution is 2.27. The Morgan fingerprint density at radius 2 is 2.33 bits per heavy atom. The monoisotopic (exact) mass is 285 g/mol. The minimum Gasteiger partial charge on any atom is -0.348 e. The normalized spacial score (nSPS) is 17.3. The Hall–Kier alpha value is -2.24. The predicted octanol–water partition coefficient (Wildman–Crippen LogP) is 1.48. The van der Waals surface area contributed by atoms with Crippen LogP contribution < -0.4 is 5.32 Å². The number of hydrogen-bond acceptors (Lipinski definition) is 4. The van der Waals surface area contributed by atoms with Crippen molar-refractivity contribution in [3.63, 3.8) is 0 Å². The van der Waals surface area contributed by atoms with Gasteiger partial charge in [0.05, 0.1) is 11.7 Å². The van der Waals surface area contributed by atoms with Crippen LogP contribution in [0.25, 0.3) is 0 Å². The van der Waals surface area contributed by atoms with E-state index in [1.165, 1.54) is 0 Å². The maximum absolute atomic E-state index is 12.2. The Labute approximate surface area is 123 Å². The summed E-state index contributed by atoms with van der Waals surface area (Å²) in [5.41, 5.74) is 3.03. The molecule has 0 spiro atoms. The molecule has 0 fully saturated rings. The molecule has 3 rings (SSSR count). The van der Waals surface area contributed by atoms with E-state index < -0.39 is 0 Å². The summed E-state index contributed by atoms with van der Waals surface area (Å²) in [6.45, 7) is 4.04. The van der Waals surface area contributed by atoms with E-state index >= 15 is 0 Å². The smallest absolute Gasteiger partial charge is 0.242 e. The molecule has 1 aliphatic carbocycles. The number of fused-ring (bicyclic) bond motifs is 1. The number of amides is 1. The van der Waals surface area contributed by atoms with E-state index in [1.54, 1.807) is 4.68 Å². The third kappa shape index (κ3) is 3.09. The maximum Gasteiger partial charge on any atom is 0.242 e. The highest BCUT2D eigenvalue weighted by Gasteiger charge is 2.23. The van der Waals surface area contributed by atoms with Gasteiger partial charge in [-0.25, -0.2) is 9.97 Å². The van der Waals surface area contributed by atoms with Crippen LogP contribution in [-0.2, 0) is 17.8 Å². The van der Waals surface area contributed by atoms with Gasteiger partial charge in [0.25, 0.3) is 0 Å². The minimum absolute atomic E-state index is 0.0125. The second-order valence-electron chi connectivity index (χ2n) is 5.49. The molecule has 21 heavy (non-hydrogen) atoms. The van der Waals surface area contributed by atoms with Gasteiger partial charge in [-0.15, -0.1) is 0 Å². The zero-order chi connectivity index (χ0) is 14.8. The molecule has 1 amide bonds. The quantitative estimate of drug-likeness (QED) is 0.927. The molecular weight excluding hydrogens is 266 g/mol. The maximum atomic E-state index is 12.2. The molecule has 0 unspecified atom stereocenters. The van der Waals surface area contributed by atoms with Gasteiger partial charge in [0.2, 0.25) is 5.91 Å². The Balaban J connectivity index is 1.70. The topological polar surface area (TPSA) is 72.7 Å². The molecule has 0 bridgehead atoms. The Kier molecular flexibility index (Phi) is 3.68. The molecule has 0 saturated heterocycles. The number of carbonyl (C=O) groups is 1. The van der Waals surface area contributed by atoms with E-state index in [0.29, 0.717) is 0 Å². The molecule has 6 nitrogen and oxygen atoms in total. The molecule has 2 aromatic rings. The van der Waals surface area contributed by atoms with Gasteiger partial charge in [-0.1, -0.05) is 0 Å². The van der Waals surface area contributed by atoms with Crippen LogP contribution in [0.15, 0.2) is 18.5 Å². The predicted molar refractivity (Wildman–Crippen MR) is 77.6 cm³/mol. The third-order valence-electron chi connectivity index (χ3n) is 3.72. The summed E-state index contributed by atoms with van der Waals surface area (Å²) in [5.74, 6) is 0.754. The number of carbonyl (C=O) groups excluding carboxylic acids is 1. The number of nitrogens with one attached hydrogen (secondary N) is 1. The first-order valence-corrected chi connectivity index (χ1v) is 7.23. The van der Waals surface area contributed by atoms with Crippen molar-refractivity contribution in [2.45, 2.75) is 45.7 Å². The van der Waals surface area contributed by atoms with Gasteiger partial charge in [-0.3, -0.25) is 9.48 Å². The molecule has 1 aliphatic rings. The molecular formula is C15H19N5O. The van der Waals surface area contributed by atoms with Crippen LogP contribution in [0.3, 0.4) is 0 Å². The highest BCUT2D eigenvalue weighted by atomic mass is 16.2. The summed E-state index contributed by atoms with van der Waals surface area (Å²) in [4.78, 5) is 20.9. The lowest BCUT2D eigenvalue weighted by Crippen LogP contribution is -2.34. The lowest BCUT2D eigenvalue weighted by Gasteiger charge is -2.25. The SMILES string of the molecule is Cc1ccn(CC(=O)N[C@H]2CCCc3nc(C)ncc32)n1. The highest BCUT2D eigenvalue weighted by molar-refractivity contribution is 5.76. The molecule has 0 aromatic carbocycles. The summed E-state index contributed by atoms with van der Waals surface area (Å²) in [6.07, 6.45) is 6.60. The Morgan fingerprint density at radius 1 is 1.48 bits per heavy atom. The summed E-state index contributed by atoms with van der Waals surface area (Å²) < 4.78 is 1.65. The van der Waals surface area contributed by atoms with Crippen LogP contribution in [0.2, 0.25) is 0 Å². The number of nitrogens with zero attached hydrogens (tertiary/aromatic N) is 4. The van der Waals surface area contributed by atoms with Crippen molar-refractivity contribution in [2.24, 2.45) is 0 Å². The molecule has 6 heteroatoms. The van der Waals surface area contributed by atoms with Gasteiger partial charge in [-0.2, -0.15) is 5.10 Å². The first-order chi connectivity index (χ1) is 10.1. The first kappa shape index (κ1) is 13.7. The van der Waals surface area contributed by atoms with Gasteiger partial charge < -0.3 is 5.32 Å². The van der Waals surface area contributed by atoms with Crippen molar-refractivity contribution in [3.05, 3.63) is 41.2 Å². The summed E-state index contributed by atoms with van der Waals surface area (Å²) in [5, 5.41) is 7.30. The van der Waals surface area contributed by atoms with E-state index in [1.807, 2.05) is 32.3 Å². The van der Waals surface area contributed by atoms with Gasteiger partial charge >= 0.3 is 0 Å². The minimum atomic E-state index is -0.0310. The van der Waals surface area contributed by atoms with E-state index in [4.69, 9.17) is 0 Å². The van der Waals surface area contributed by atoms with E-state index in [2.05, 4.69) is 20.4 Å². The van der Waals surface area contributed by atoms with Crippen molar-refractivity contribution in [1.82, 2.24) is 25.1 Å². The lowest BCUT2D eigenvalue weighted by atomic mass is 9.92. The largest absolute Gasteiger partial charge is 0.348 e. The number of aryl methyl sites for hydroxylation is 3. The first-order valence-electron chi connectivity index (χ1n) is 7.23. The van der Waals surface area contributed by atoms with Gasteiger partial charge in [0.15, 0.2) is 0 Å². The van der Waals surface area contributed by atoms with Crippen LogP contribution in [0.5, 0.6) is 0 Å². The fourth-order valence-electron chi connectivity index (χ4n) is 2.73. The summed E-state index contributed by atoms with van der Waals surface area (Å²) in [7, 11) is 0. The average Bonchev–Trinajstić information content (AvgIpc) is 2.83. The van der Waals surface area contributed by atoms with Crippen molar-refractivity contribution in [2.75, 3.05) is 0 Å². The molecule has 1 atom stereocenters. The Bertz CT molecular complexity index is 664. The van der Waals surface area contributed by atoms with E-state index in [9.17, 15) is 4.79 Å². The second kappa shape index (κ2) is 5.63. The average molecular weight is 285 g/mol. The number of hydrogen-bond donors (Lipinski definition) is 1. The van der Waals surface area contributed by atoms with E-state index in [0.717, 1.165) is 42.0 Å². The Morgan fingerprint density at radius 3 is 3.10 bits per heavy atom. The van der Waals surface area contributed by atoms with Crippen molar-refractivity contribution < 1.29 is 4.79 Å². The van der Waals surface area contributed by atoms with Crippen LogP contribution in [0.4, 0.5) is 0 Å². The van der Waals surface area contributed by atoms with Crippen LogP contribution in [0, 0.1) is 13.8 Å². The van der Waals surface area contributed by atoms with Gasteiger partial charge in [0, 0.05) is 23.7 Å². The molecule has 2 aromatic heterocycles. The standard InChI is InChI=1S/C15H19N5O/c1-10-6-7-20(19-10)9-15(21)18-14-5-3-4-13-12(14)8-16-11(2)17-13/h6-8,14H,3-5,9H2,1-2H3,(H,18,21)/t14-/m0/s1. The summed E-state index contributed by atoms with van der Waals surface area (Å²) in [6, 6.07) is 1.90. The number of aromatic nitrogens is 4. The summed E-state index contributed by atoms with van der Waals surface area (Å²) >= 11 is 0. The molecule has 0 aliphatic heterocycles. The van der Waals surface area contributed by atoms with Crippen molar-refractivity contribution in [3.8, 4) is 0 Å². The molecule has 0 saturated carbocycles. The van der Waals surface area contributed by atoms with Crippen molar-refractivity contribution in [1.29, 1.82) is 0 Å². The fourth-order valence-corrected chi connectivity index (χ4v) is 2.73. The molecule has 2 heterocycles.